The molecule has 3 N–H and O–H groups in total. The van der Waals surface area contributed by atoms with Crippen LogP contribution in [0.4, 0.5) is 5.82 Å². The van der Waals surface area contributed by atoms with Gasteiger partial charge in [0.1, 0.15) is 22.6 Å². The maximum absolute atomic E-state index is 11.7. The number of ether oxygens (including phenoxy) is 1. The first-order valence-electron chi connectivity index (χ1n) is 10.9. The number of benzene rings is 2. The number of carboxylic acid groups (broad SMARTS) is 1. The predicted molar refractivity (Wildman–Crippen MR) is 133 cm³/mol. The van der Waals surface area contributed by atoms with Crippen LogP contribution in [0, 0.1) is 0 Å². The first-order chi connectivity index (χ1) is 16.6. The van der Waals surface area contributed by atoms with E-state index >= 15 is 0 Å². The van der Waals surface area contributed by atoms with Crippen LogP contribution in [0.2, 0.25) is 0 Å². The number of hydrogen-bond acceptors (Lipinski definition) is 7. The highest BCUT2D eigenvalue weighted by Gasteiger charge is 2.22. The number of anilines is 1. The zero-order valence-corrected chi connectivity index (χ0v) is 19.3. The van der Waals surface area contributed by atoms with E-state index in [2.05, 4.69) is 24.0 Å². The van der Waals surface area contributed by atoms with E-state index < -0.39 is 5.97 Å². The molecule has 0 saturated heterocycles. The Bertz CT molecular complexity index is 1460. The Morgan fingerprint density at radius 2 is 2.03 bits per heavy atom. The number of aromatic nitrogens is 4. The fourth-order valence-corrected chi connectivity index (χ4v) is 4.65. The van der Waals surface area contributed by atoms with Gasteiger partial charge in [0.15, 0.2) is 0 Å². The maximum Gasteiger partial charge on any atom is 0.304 e. The molecule has 5 aromatic rings. The molecular weight excluding hydrogens is 450 g/mol. The zero-order chi connectivity index (χ0) is 23.5. The minimum atomic E-state index is -0.855. The minimum Gasteiger partial charge on any atom is -0.493 e. The maximum atomic E-state index is 11.7. The fourth-order valence-electron chi connectivity index (χ4n) is 4.14. The van der Waals surface area contributed by atoms with Gasteiger partial charge in [-0.2, -0.15) is 8.75 Å². The van der Waals surface area contributed by atoms with Gasteiger partial charge in [-0.05, 0) is 47.5 Å². The number of fused-ring (bicyclic) bond motifs is 2. The van der Waals surface area contributed by atoms with Crippen molar-refractivity contribution >= 4 is 45.5 Å². The van der Waals surface area contributed by atoms with Crippen LogP contribution < -0.4 is 10.1 Å². The number of nitrogens with zero attached hydrogens (tertiary/aromatic N) is 3. The summed E-state index contributed by atoms with van der Waals surface area (Å²) in [5, 5.41) is 13.6. The summed E-state index contributed by atoms with van der Waals surface area (Å²) in [5.41, 5.74) is 5.28. The number of H-pyrrole nitrogens is 1. The number of aliphatic carboxylic acids is 1. The summed E-state index contributed by atoms with van der Waals surface area (Å²) in [4.78, 5) is 19.5. The molecule has 3 aromatic heterocycles. The van der Waals surface area contributed by atoms with Crippen LogP contribution in [0.1, 0.15) is 29.2 Å². The van der Waals surface area contributed by atoms with Gasteiger partial charge in [0.25, 0.3) is 0 Å². The van der Waals surface area contributed by atoms with E-state index in [9.17, 15) is 9.90 Å². The molecule has 0 fully saturated rings. The summed E-state index contributed by atoms with van der Waals surface area (Å²) in [7, 11) is 1.85. The van der Waals surface area contributed by atoms with Crippen molar-refractivity contribution in [3.05, 3.63) is 77.6 Å². The molecule has 1 atom stereocenters. The standard InChI is InChI=1S/C25H23N5O3S/c1-26-24-4-2-3-16(28-24)9-10-33-17-6-7-18-20(14-27-22(18)12-17)19(13-25(31)32)15-5-8-21-23(11-15)30-34-29-21/h2-8,11-12,14,19,27H,9-10,13H2,1H3,(H,26,28)(H,31,32). The van der Waals surface area contributed by atoms with Gasteiger partial charge in [-0.25, -0.2) is 4.98 Å². The van der Waals surface area contributed by atoms with E-state index in [4.69, 9.17) is 4.74 Å². The van der Waals surface area contributed by atoms with E-state index in [0.717, 1.165) is 62.1 Å². The molecule has 172 valence electrons. The Kier molecular flexibility index (Phi) is 6.09. The van der Waals surface area contributed by atoms with Gasteiger partial charge >= 0.3 is 5.97 Å². The Hall–Kier alpha value is -3.98. The normalized spacial score (nSPS) is 12.1. The summed E-state index contributed by atoms with van der Waals surface area (Å²) in [6.45, 7) is 0.503. The lowest BCUT2D eigenvalue weighted by Crippen LogP contribution is -2.07. The van der Waals surface area contributed by atoms with Crippen molar-refractivity contribution < 1.29 is 14.6 Å². The van der Waals surface area contributed by atoms with E-state index in [-0.39, 0.29) is 12.3 Å². The summed E-state index contributed by atoms with van der Waals surface area (Å²) >= 11 is 1.15. The fraction of sp³-hybridized carbons (Fsp3) is 0.200. The molecule has 0 saturated carbocycles. The molecule has 0 spiro atoms. The highest BCUT2D eigenvalue weighted by Crippen LogP contribution is 2.35. The lowest BCUT2D eigenvalue weighted by molar-refractivity contribution is -0.137. The number of carboxylic acids is 1. The molecule has 0 aliphatic rings. The van der Waals surface area contributed by atoms with Gasteiger partial charge in [0, 0.05) is 48.2 Å². The number of aromatic amines is 1. The molecule has 0 aliphatic heterocycles. The second-order valence-electron chi connectivity index (χ2n) is 7.98. The molecule has 9 heteroatoms. The predicted octanol–water partition coefficient (Wildman–Crippen LogP) is 4.84. The van der Waals surface area contributed by atoms with Gasteiger partial charge in [-0.15, -0.1) is 0 Å². The second kappa shape index (κ2) is 9.48. The second-order valence-corrected chi connectivity index (χ2v) is 8.51. The Labute approximate surface area is 200 Å². The highest BCUT2D eigenvalue weighted by atomic mass is 32.1. The third kappa shape index (κ3) is 4.55. The number of rotatable bonds is 9. The first kappa shape index (κ1) is 21.8. The Morgan fingerprint density at radius 3 is 2.88 bits per heavy atom. The van der Waals surface area contributed by atoms with Crippen molar-refractivity contribution in [1.82, 2.24) is 18.7 Å². The summed E-state index contributed by atoms with van der Waals surface area (Å²) < 4.78 is 14.5. The van der Waals surface area contributed by atoms with Gasteiger partial charge in [-0.3, -0.25) is 4.79 Å². The Balaban J connectivity index is 1.37. The summed E-state index contributed by atoms with van der Waals surface area (Å²) in [5.74, 6) is 0.413. The highest BCUT2D eigenvalue weighted by molar-refractivity contribution is 7.00. The number of carbonyl (C=O) groups is 1. The van der Waals surface area contributed by atoms with Crippen molar-refractivity contribution in [1.29, 1.82) is 0 Å². The van der Waals surface area contributed by atoms with Gasteiger partial charge in [0.05, 0.1) is 24.8 Å². The molecule has 5 rings (SSSR count). The lowest BCUT2D eigenvalue weighted by Gasteiger charge is -2.15. The smallest absolute Gasteiger partial charge is 0.304 e. The SMILES string of the molecule is CNc1cccc(CCOc2ccc3c(C(CC(=O)O)c4ccc5nsnc5c4)c[nH]c3c2)n1. The van der Waals surface area contributed by atoms with Crippen molar-refractivity contribution in [2.24, 2.45) is 0 Å². The number of pyridine rings is 1. The van der Waals surface area contributed by atoms with E-state index in [1.54, 1.807) is 0 Å². The van der Waals surface area contributed by atoms with Crippen LogP contribution in [-0.4, -0.2) is 43.4 Å². The summed E-state index contributed by atoms with van der Waals surface area (Å²) in [6.07, 6.45) is 2.56. The Morgan fingerprint density at radius 1 is 1.15 bits per heavy atom. The van der Waals surface area contributed by atoms with Crippen LogP contribution in [0.3, 0.4) is 0 Å². The summed E-state index contributed by atoms with van der Waals surface area (Å²) in [6, 6.07) is 17.5. The number of nitrogens with one attached hydrogen (secondary N) is 2. The average Bonchev–Trinajstić information content (AvgIpc) is 3.49. The molecule has 1 unspecified atom stereocenters. The van der Waals surface area contributed by atoms with E-state index in [1.165, 1.54) is 0 Å². The van der Waals surface area contributed by atoms with Crippen molar-refractivity contribution in [2.45, 2.75) is 18.8 Å². The molecule has 0 amide bonds. The lowest BCUT2D eigenvalue weighted by atomic mass is 9.88. The molecule has 8 nitrogen and oxygen atoms in total. The van der Waals surface area contributed by atoms with Crippen LogP contribution >= 0.6 is 11.7 Å². The van der Waals surface area contributed by atoms with Crippen LogP contribution in [0.5, 0.6) is 5.75 Å². The van der Waals surface area contributed by atoms with Crippen molar-refractivity contribution in [3.63, 3.8) is 0 Å². The van der Waals surface area contributed by atoms with Crippen molar-refractivity contribution in [3.8, 4) is 5.75 Å². The zero-order valence-electron chi connectivity index (χ0n) is 18.5. The van der Waals surface area contributed by atoms with Gasteiger partial charge < -0.3 is 20.1 Å². The van der Waals surface area contributed by atoms with E-state index in [1.807, 2.05) is 67.8 Å². The topological polar surface area (TPSA) is 113 Å². The van der Waals surface area contributed by atoms with Crippen molar-refractivity contribution in [2.75, 3.05) is 19.0 Å². The molecule has 34 heavy (non-hydrogen) atoms. The minimum absolute atomic E-state index is 0.0209. The molecule has 0 aliphatic carbocycles. The van der Waals surface area contributed by atoms with Gasteiger partial charge in [-0.1, -0.05) is 12.1 Å². The average molecular weight is 474 g/mol. The molecule has 2 aromatic carbocycles. The van der Waals surface area contributed by atoms with Crippen LogP contribution in [0.25, 0.3) is 21.9 Å². The third-order valence-corrected chi connectivity index (χ3v) is 6.37. The third-order valence-electron chi connectivity index (χ3n) is 5.81. The van der Waals surface area contributed by atoms with Crippen LogP contribution in [0.15, 0.2) is 60.8 Å². The van der Waals surface area contributed by atoms with E-state index in [0.29, 0.717) is 13.0 Å². The first-order valence-corrected chi connectivity index (χ1v) is 11.7. The monoisotopic (exact) mass is 473 g/mol. The molecule has 3 heterocycles. The molecule has 0 bridgehead atoms. The molecular formula is C25H23N5O3S. The van der Waals surface area contributed by atoms with Crippen LogP contribution in [-0.2, 0) is 11.2 Å². The quantitative estimate of drug-likeness (QED) is 0.281. The van der Waals surface area contributed by atoms with Gasteiger partial charge in [0.2, 0.25) is 0 Å². The largest absolute Gasteiger partial charge is 0.493 e. The molecule has 0 radical (unpaired) electrons. The number of hydrogen-bond donors (Lipinski definition) is 3.